The molecule has 0 saturated carbocycles. The first kappa shape index (κ1) is 11.7. The molecule has 1 atom stereocenters. The van der Waals surface area contributed by atoms with E-state index in [0.717, 1.165) is 6.54 Å². The highest BCUT2D eigenvalue weighted by Gasteiger charge is 2.17. The first-order valence-electron chi connectivity index (χ1n) is 4.86. The molecule has 0 aliphatic heterocycles. The highest BCUT2D eigenvalue weighted by atomic mass is 32.2. The van der Waals surface area contributed by atoms with Gasteiger partial charge >= 0.3 is 0 Å². The number of thioether (sulfide) groups is 1. The number of nitrogens with one attached hydrogen (secondary N) is 1. The van der Waals surface area contributed by atoms with Gasteiger partial charge in [-0.1, -0.05) is 0 Å². The summed E-state index contributed by atoms with van der Waals surface area (Å²) in [7, 11) is 0. The topological polar surface area (TPSA) is 25.2 Å². The van der Waals surface area contributed by atoms with E-state index in [1.807, 2.05) is 17.8 Å². The number of rotatable bonds is 5. The largest absolute Gasteiger partial charge is 0.472 e. The van der Waals surface area contributed by atoms with Crippen molar-refractivity contribution in [3.63, 3.8) is 0 Å². The maximum atomic E-state index is 5.05. The predicted molar refractivity (Wildman–Crippen MR) is 62.7 cm³/mol. The van der Waals surface area contributed by atoms with Gasteiger partial charge in [0.2, 0.25) is 0 Å². The van der Waals surface area contributed by atoms with Crippen molar-refractivity contribution >= 4 is 11.8 Å². The van der Waals surface area contributed by atoms with E-state index in [2.05, 4.69) is 32.3 Å². The molecule has 0 aliphatic rings. The van der Waals surface area contributed by atoms with E-state index in [1.165, 1.54) is 5.56 Å². The lowest BCUT2D eigenvalue weighted by Gasteiger charge is -2.24. The molecule has 1 N–H and O–H groups in total. The molecule has 2 nitrogen and oxygen atoms in total. The minimum Gasteiger partial charge on any atom is -0.472 e. The van der Waals surface area contributed by atoms with Crippen LogP contribution in [0.1, 0.15) is 32.4 Å². The lowest BCUT2D eigenvalue weighted by atomic mass is 10.1. The third-order valence-corrected chi connectivity index (χ3v) is 3.68. The lowest BCUT2D eigenvalue weighted by molar-refractivity contribution is 0.510. The van der Waals surface area contributed by atoms with Crippen molar-refractivity contribution in [2.75, 3.05) is 12.8 Å². The normalized spacial score (nSPS) is 14.3. The van der Waals surface area contributed by atoms with Gasteiger partial charge in [-0.15, -0.1) is 0 Å². The molecule has 0 aliphatic carbocycles. The molecule has 14 heavy (non-hydrogen) atoms. The van der Waals surface area contributed by atoms with Crippen LogP contribution in [0.5, 0.6) is 0 Å². The SMILES string of the molecule is CSC(C)(C)CNC(C)c1ccoc1. The maximum Gasteiger partial charge on any atom is 0.0950 e. The highest BCUT2D eigenvalue weighted by molar-refractivity contribution is 7.99. The van der Waals surface area contributed by atoms with E-state index in [1.54, 1.807) is 12.5 Å². The highest BCUT2D eigenvalue weighted by Crippen LogP contribution is 2.21. The van der Waals surface area contributed by atoms with Crippen molar-refractivity contribution in [2.24, 2.45) is 0 Å². The number of furan rings is 1. The fourth-order valence-electron chi connectivity index (χ4n) is 1.11. The zero-order valence-corrected chi connectivity index (χ0v) is 10.1. The van der Waals surface area contributed by atoms with Crippen molar-refractivity contribution in [1.82, 2.24) is 5.32 Å². The van der Waals surface area contributed by atoms with E-state index < -0.39 is 0 Å². The smallest absolute Gasteiger partial charge is 0.0950 e. The standard InChI is InChI=1S/C11H19NOS/c1-9(10-5-6-13-7-10)12-8-11(2,3)14-4/h5-7,9,12H,8H2,1-4H3. The summed E-state index contributed by atoms with van der Waals surface area (Å²) in [5, 5.41) is 3.50. The summed E-state index contributed by atoms with van der Waals surface area (Å²) < 4.78 is 5.34. The molecular weight excluding hydrogens is 194 g/mol. The summed E-state index contributed by atoms with van der Waals surface area (Å²) >= 11 is 1.88. The summed E-state index contributed by atoms with van der Waals surface area (Å²) in [5.74, 6) is 0. The summed E-state index contributed by atoms with van der Waals surface area (Å²) in [6.45, 7) is 7.64. The van der Waals surface area contributed by atoms with Gasteiger partial charge in [-0.05, 0) is 33.1 Å². The number of hydrogen-bond donors (Lipinski definition) is 1. The zero-order valence-electron chi connectivity index (χ0n) is 9.33. The van der Waals surface area contributed by atoms with Crippen LogP contribution in [0.2, 0.25) is 0 Å². The Balaban J connectivity index is 2.39. The van der Waals surface area contributed by atoms with Crippen molar-refractivity contribution in [1.29, 1.82) is 0 Å². The van der Waals surface area contributed by atoms with E-state index in [-0.39, 0.29) is 4.75 Å². The van der Waals surface area contributed by atoms with Gasteiger partial charge < -0.3 is 9.73 Å². The molecule has 0 spiro atoms. The van der Waals surface area contributed by atoms with E-state index in [9.17, 15) is 0 Å². The van der Waals surface area contributed by atoms with Crippen LogP contribution in [0.25, 0.3) is 0 Å². The molecule has 1 aromatic heterocycles. The zero-order chi connectivity index (χ0) is 10.6. The van der Waals surface area contributed by atoms with Crippen molar-refractivity contribution < 1.29 is 4.42 Å². The van der Waals surface area contributed by atoms with E-state index in [4.69, 9.17) is 4.42 Å². The molecule has 0 radical (unpaired) electrons. The van der Waals surface area contributed by atoms with Crippen molar-refractivity contribution in [3.8, 4) is 0 Å². The predicted octanol–water partition coefficient (Wildman–Crippen LogP) is 3.07. The van der Waals surface area contributed by atoms with Crippen LogP contribution >= 0.6 is 11.8 Å². The minimum atomic E-state index is 0.290. The Morgan fingerprint density at radius 1 is 1.57 bits per heavy atom. The quantitative estimate of drug-likeness (QED) is 0.813. The molecule has 1 aromatic rings. The monoisotopic (exact) mass is 213 g/mol. The number of hydrogen-bond acceptors (Lipinski definition) is 3. The third kappa shape index (κ3) is 3.39. The Hall–Kier alpha value is -0.410. The van der Waals surface area contributed by atoms with Crippen LogP contribution in [0, 0.1) is 0 Å². The van der Waals surface area contributed by atoms with Gasteiger partial charge in [0, 0.05) is 22.9 Å². The Morgan fingerprint density at radius 2 is 2.29 bits per heavy atom. The molecule has 80 valence electrons. The average Bonchev–Trinajstić information content (AvgIpc) is 2.67. The van der Waals surface area contributed by atoms with Gasteiger partial charge in [0.25, 0.3) is 0 Å². The van der Waals surface area contributed by atoms with Crippen LogP contribution in [0.3, 0.4) is 0 Å². The van der Waals surface area contributed by atoms with E-state index in [0.29, 0.717) is 6.04 Å². The van der Waals surface area contributed by atoms with Crippen LogP contribution < -0.4 is 5.32 Å². The van der Waals surface area contributed by atoms with Crippen LogP contribution in [-0.4, -0.2) is 17.5 Å². The van der Waals surface area contributed by atoms with Crippen molar-refractivity contribution in [3.05, 3.63) is 24.2 Å². The second-order valence-corrected chi connectivity index (χ2v) is 5.64. The molecule has 1 heterocycles. The molecule has 0 fully saturated rings. The minimum absolute atomic E-state index is 0.290. The van der Waals surface area contributed by atoms with Crippen LogP contribution in [-0.2, 0) is 0 Å². The second-order valence-electron chi connectivity index (χ2n) is 4.12. The molecular formula is C11H19NOS. The fraction of sp³-hybridized carbons (Fsp3) is 0.636. The van der Waals surface area contributed by atoms with Crippen LogP contribution in [0.15, 0.2) is 23.0 Å². The summed E-state index contributed by atoms with van der Waals surface area (Å²) in [5.41, 5.74) is 1.21. The Kier molecular flexibility index (Phi) is 4.08. The summed E-state index contributed by atoms with van der Waals surface area (Å²) in [6.07, 6.45) is 5.65. The third-order valence-electron chi connectivity index (χ3n) is 2.43. The van der Waals surface area contributed by atoms with Gasteiger partial charge in [0.15, 0.2) is 0 Å². The summed E-state index contributed by atoms with van der Waals surface area (Å²) in [4.78, 5) is 0. The molecule has 1 rings (SSSR count). The van der Waals surface area contributed by atoms with Gasteiger partial charge in [-0.3, -0.25) is 0 Å². The molecule has 0 amide bonds. The summed E-state index contributed by atoms with van der Waals surface area (Å²) in [6, 6.07) is 2.36. The molecule has 3 heteroatoms. The molecule has 1 unspecified atom stereocenters. The first-order chi connectivity index (χ1) is 6.55. The lowest BCUT2D eigenvalue weighted by Crippen LogP contribution is -2.33. The second kappa shape index (κ2) is 4.89. The maximum absolute atomic E-state index is 5.05. The van der Waals surface area contributed by atoms with Crippen molar-refractivity contribution in [2.45, 2.75) is 31.6 Å². The molecule has 0 aromatic carbocycles. The average molecular weight is 213 g/mol. The van der Waals surface area contributed by atoms with Gasteiger partial charge in [-0.2, -0.15) is 11.8 Å². The molecule has 0 saturated heterocycles. The Morgan fingerprint density at radius 3 is 2.79 bits per heavy atom. The van der Waals surface area contributed by atoms with Gasteiger partial charge in [-0.25, -0.2) is 0 Å². The Bertz CT molecular complexity index is 256. The van der Waals surface area contributed by atoms with Gasteiger partial charge in [0.1, 0.15) is 0 Å². The van der Waals surface area contributed by atoms with E-state index >= 15 is 0 Å². The fourth-order valence-corrected chi connectivity index (χ4v) is 1.34. The Labute approximate surface area is 90.5 Å². The van der Waals surface area contributed by atoms with Gasteiger partial charge in [0.05, 0.1) is 12.5 Å². The first-order valence-corrected chi connectivity index (χ1v) is 6.08. The van der Waals surface area contributed by atoms with Crippen LogP contribution in [0.4, 0.5) is 0 Å². The molecule has 0 bridgehead atoms.